The Morgan fingerprint density at radius 2 is 2.12 bits per heavy atom. The summed E-state index contributed by atoms with van der Waals surface area (Å²) in [5.41, 5.74) is 2.87. The van der Waals surface area contributed by atoms with Crippen molar-refractivity contribution in [1.82, 2.24) is 25.1 Å². The van der Waals surface area contributed by atoms with Gasteiger partial charge < -0.3 is 0 Å². The minimum atomic E-state index is 0.361. The summed E-state index contributed by atoms with van der Waals surface area (Å²) >= 11 is 0. The second kappa shape index (κ2) is 7.46. The Bertz CT molecular complexity index is 894. The summed E-state index contributed by atoms with van der Waals surface area (Å²) in [4.78, 5) is 11.3. The molecule has 1 aromatic carbocycles. The van der Waals surface area contributed by atoms with E-state index in [-0.39, 0.29) is 0 Å². The minimum Gasteiger partial charge on any atom is -0.298 e. The third kappa shape index (κ3) is 3.63. The zero-order valence-corrected chi connectivity index (χ0v) is 14.5. The Hall–Kier alpha value is -3.04. The van der Waals surface area contributed by atoms with Crippen molar-refractivity contribution in [3.63, 3.8) is 0 Å². The van der Waals surface area contributed by atoms with Gasteiger partial charge in [0.05, 0.1) is 11.6 Å². The number of aromatic amines is 1. The number of hydrogen-bond acceptors (Lipinski definition) is 5. The Labute approximate surface area is 152 Å². The van der Waals surface area contributed by atoms with Crippen LogP contribution in [0.2, 0.25) is 0 Å². The van der Waals surface area contributed by atoms with Gasteiger partial charge in [-0.05, 0) is 49.2 Å². The van der Waals surface area contributed by atoms with Crippen molar-refractivity contribution in [2.24, 2.45) is 0 Å². The maximum Gasteiger partial charge on any atom is 0.182 e. The van der Waals surface area contributed by atoms with Crippen LogP contribution in [0.1, 0.15) is 35.7 Å². The summed E-state index contributed by atoms with van der Waals surface area (Å²) in [6.45, 7) is 2.94. The van der Waals surface area contributed by atoms with E-state index in [0.29, 0.717) is 17.3 Å². The number of aromatic nitrogens is 4. The van der Waals surface area contributed by atoms with Crippen LogP contribution in [-0.2, 0) is 6.54 Å². The predicted octanol–water partition coefficient (Wildman–Crippen LogP) is 3.12. The molecule has 3 heterocycles. The molecule has 130 valence electrons. The highest BCUT2D eigenvalue weighted by Gasteiger charge is 2.24. The van der Waals surface area contributed by atoms with E-state index >= 15 is 0 Å². The molecule has 0 saturated carbocycles. The molecule has 6 nitrogen and oxygen atoms in total. The van der Waals surface area contributed by atoms with Gasteiger partial charge in [0.1, 0.15) is 5.82 Å². The van der Waals surface area contributed by atoms with E-state index in [0.717, 1.165) is 43.9 Å². The van der Waals surface area contributed by atoms with E-state index in [4.69, 9.17) is 10.2 Å². The summed E-state index contributed by atoms with van der Waals surface area (Å²) in [7, 11) is 0. The molecule has 1 aliphatic rings. The van der Waals surface area contributed by atoms with Crippen molar-refractivity contribution >= 4 is 0 Å². The zero-order chi connectivity index (χ0) is 17.8. The summed E-state index contributed by atoms with van der Waals surface area (Å²) in [5, 5.41) is 16.4. The summed E-state index contributed by atoms with van der Waals surface area (Å²) < 4.78 is 0. The van der Waals surface area contributed by atoms with Crippen LogP contribution >= 0.6 is 0 Å². The lowest BCUT2D eigenvalue weighted by Gasteiger charge is -2.31. The monoisotopic (exact) mass is 344 g/mol. The maximum absolute atomic E-state index is 8.91. The predicted molar refractivity (Wildman–Crippen MR) is 98.0 cm³/mol. The molecule has 0 spiro atoms. The molecule has 3 aromatic rings. The summed E-state index contributed by atoms with van der Waals surface area (Å²) in [6, 6.07) is 13.9. The molecule has 4 rings (SSSR count). The topological polar surface area (TPSA) is 81.5 Å². The molecule has 26 heavy (non-hydrogen) atoms. The lowest BCUT2D eigenvalue weighted by atomic mass is 9.97. The quantitative estimate of drug-likeness (QED) is 0.786. The van der Waals surface area contributed by atoms with Gasteiger partial charge >= 0.3 is 0 Å². The van der Waals surface area contributed by atoms with Crippen LogP contribution in [0.15, 0.2) is 48.8 Å². The average molecular weight is 344 g/mol. The van der Waals surface area contributed by atoms with Gasteiger partial charge in [-0.25, -0.2) is 4.98 Å². The third-order valence-corrected chi connectivity index (χ3v) is 4.80. The minimum absolute atomic E-state index is 0.361. The van der Waals surface area contributed by atoms with Crippen LogP contribution in [0.25, 0.3) is 11.4 Å². The molecule has 0 aliphatic carbocycles. The number of rotatable bonds is 4. The highest BCUT2D eigenvalue weighted by Crippen LogP contribution is 2.26. The van der Waals surface area contributed by atoms with E-state index in [9.17, 15) is 0 Å². The largest absolute Gasteiger partial charge is 0.298 e. The number of hydrogen-bond donors (Lipinski definition) is 1. The second-order valence-electron chi connectivity index (χ2n) is 6.67. The van der Waals surface area contributed by atoms with Crippen LogP contribution in [0.4, 0.5) is 0 Å². The van der Waals surface area contributed by atoms with Gasteiger partial charge in [0.25, 0.3) is 0 Å². The van der Waals surface area contributed by atoms with Gasteiger partial charge in [0.2, 0.25) is 0 Å². The fourth-order valence-corrected chi connectivity index (χ4v) is 3.45. The molecule has 1 atom stereocenters. The van der Waals surface area contributed by atoms with Crippen molar-refractivity contribution in [3.05, 3.63) is 65.7 Å². The van der Waals surface area contributed by atoms with Crippen LogP contribution in [0.5, 0.6) is 0 Å². The lowest BCUT2D eigenvalue weighted by Crippen LogP contribution is -2.34. The first-order valence-corrected chi connectivity index (χ1v) is 8.86. The number of nitrogens with one attached hydrogen (secondary N) is 1. The molecule has 1 fully saturated rings. The molecule has 1 N–H and O–H groups in total. The van der Waals surface area contributed by atoms with Crippen LogP contribution in [0, 0.1) is 11.3 Å². The van der Waals surface area contributed by atoms with Gasteiger partial charge in [0.15, 0.2) is 5.82 Å². The first-order valence-electron chi connectivity index (χ1n) is 8.86. The summed E-state index contributed by atoms with van der Waals surface area (Å²) in [6.07, 6.45) is 5.79. The average Bonchev–Trinajstić information content (AvgIpc) is 3.20. The Kier molecular flexibility index (Phi) is 4.71. The molecule has 1 unspecified atom stereocenters. The van der Waals surface area contributed by atoms with Gasteiger partial charge in [-0.3, -0.25) is 15.0 Å². The highest BCUT2D eigenvalue weighted by atomic mass is 15.2. The molecule has 0 amide bonds. The van der Waals surface area contributed by atoms with Crippen molar-refractivity contribution in [3.8, 4) is 17.5 Å². The number of likely N-dealkylation sites (tertiary alicyclic amines) is 1. The fourth-order valence-electron chi connectivity index (χ4n) is 3.45. The molecule has 0 radical (unpaired) electrons. The van der Waals surface area contributed by atoms with E-state index in [2.05, 4.69) is 26.2 Å². The summed E-state index contributed by atoms with van der Waals surface area (Å²) in [5.74, 6) is 2.02. The molecular formula is C20H20N6. The smallest absolute Gasteiger partial charge is 0.182 e. The number of nitrogens with zero attached hydrogens (tertiary/aromatic N) is 5. The van der Waals surface area contributed by atoms with Crippen LogP contribution < -0.4 is 0 Å². The van der Waals surface area contributed by atoms with Crippen molar-refractivity contribution < 1.29 is 0 Å². The van der Waals surface area contributed by atoms with E-state index < -0.39 is 0 Å². The first kappa shape index (κ1) is 16.4. The van der Waals surface area contributed by atoms with Crippen LogP contribution in [-0.4, -0.2) is 38.2 Å². The standard InChI is InChI=1S/C20H20N6/c21-11-15-5-7-16(8-6-15)13-26-10-2-4-18(14-26)20-23-19(24-25-20)17-3-1-9-22-12-17/h1,3,5-9,12,18H,2,4,10,13-14H2,(H,23,24,25). The van der Waals surface area contributed by atoms with Crippen molar-refractivity contribution in [2.75, 3.05) is 13.1 Å². The molecule has 2 aromatic heterocycles. The normalized spacial score (nSPS) is 17.7. The van der Waals surface area contributed by atoms with Gasteiger partial charge in [-0.15, -0.1) is 0 Å². The number of benzene rings is 1. The number of nitriles is 1. The van der Waals surface area contributed by atoms with Gasteiger partial charge in [-0.1, -0.05) is 12.1 Å². The van der Waals surface area contributed by atoms with E-state index in [1.165, 1.54) is 5.56 Å². The Balaban J connectivity index is 1.43. The fraction of sp³-hybridized carbons (Fsp3) is 0.300. The number of piperidine rings is 1. The van der Waals surface area contributed by atoms with E-state index in [1.807, 2.05) is 36.4 Å². The van der Waals surface area contributed by atoms with Crippen LogP contribution in [0.3, 0.4) is 0 Å². The molecule has 1 saturated heterocycles. The first-order chi connectivity index (χ1) is 12.8. The van der Waals surface area contributed by atoms with E-state index in [1.54, 1.807) is 12.4 Å². The highest BCUT2D eigenvalue weighted by molar-refractivity contribution is 5.52. The molecule has 1 aliphatic heterocycles. The molecular weight excluding hydrogens is 324 g/mol. The molecule has 0 bridgehead atoms. The van der Waals surface area contributed by atoms with Crippen molar-refractivity contribution in [1.29, 1.82) is 5.26 Å². The third-order valence-electron chi connectivity index (χ3n) is 4.80. The lowest BCUT2D eigenvalue weighted by molar-refractivity contribution is 0.197. The number of H-pyrrole nitrogens is 1. The van der Waals surface area contributed by atoms with Gasteiger partial charge in [-0.2, -0.15) is 10.4 Å². The second-order valence-corrected chi connectivity index (χ2v) is 6.67. The maximum atomic E-state index is 8.91. The molecule has 6 heteroatoms. The van der Waals surface area contributed by atoms with Gasteiger partial charge in [0, 0.05) is 37.0 Å². The number of pyridine rings is 1. The zero-order valence-electron chi connectivity index (χ0n) is 14.5. The Morgan fingerprint density at radius 3 is 2.88 bits per heavy atom. The van der Waals surface area contributed by atoms with Crippen molar-refractivity contribution in [2.45, 2.75) is 25.3 Å². The SMILES string of the molecule is N#Cc1ccc(CN2CCCC(c3nc(-c4cccnc4)n[nH]3)C2)cc1. The Morgan fingerprint density at radius 1 is 1.23 bits per heavy atom.